The summed E-state index contributed by atoms with van der Waals surface area (Å²) in [4.78, 5) is 82.1. The Kier molecular flexibility index (Phi) is 14.4. The van der Waals surface area contributed by atoms with Crippen molar-refractivity contribution in [1.29, 1.82) is 0 Å². The number of hydrogen-bond donors (Lipinski definition) is 3. The van der Waals surface area contributed by atoms with Crippen molar-refractivity contribution in [3.05, 3.63) is 67.2 Å². The van der Waals surface area contributed by atoms with Crippen LogP contribution < -0.4 is 16.5 Å². The Labute approximate surface area is 348 Å². The Morgan fingerprint density at radius 1 is 0.603 bits per heavy atom. The normalized spacial score (nSPS) is 25.7. The fourth-order valence-electron chi connectivity index (χ4n) is 7.46. The largest absolute Gasteiger partial charge is 0.553 e. The number of thiophene rings is 3. The van der Waals surface area contributed by atoms with Gasteiger partial charge in [0.2, 0.25) is 17.7 Å². The Morgan fingerprint density at radius 3 is 1.43 bits per heavy atom. The number of fused-ring (bicyclic) bond motifs is 6. The quantitative estimate of drug-likeness (QED) is 0.122. The molecule has 3 amide bonds. The summed E-state index contributed by atoms with van der Waals surface area (Å²) < 4.78 is 36.2. The molecule has 6 bridgehead atoms. The minimum absolute atomic E-state index is 0.00386. The van der Waals surface area contributed by atoms with Crippen molar-refractivity contribution in [3.8, 4) is 0 Å². The summed E-state index contributed by atoms with van der Waals surface area (Å²) in [5, 5.41) is 12.6. The molecule has 3 aromatic heterocycles. The molecule has 3 aromatic rings. The van der Waals surface area contributed by atoms with Crippen LogP contribution in [0.2, 0.25) is 0 Å². The average molecular weight is 852 g/mol. The van der Waals surface area contributed by atoms with Crippen LogP contribution in [-0.4, -0.2) is 98.1 Å². The van der Waals surface area contributed by atoms with E-state index in [1.807, 2.05) is 52.5 Å². The highest BCUT2D eigenvalue weighted by atomic mass is 32.1. The minimum atomic E-state index is -1.28. The van der Waals surface area contributed by atoms with Crippen LogP contribution in [0.1, 0.15) is 72.4 Å². The lowest BCUT2D eigenvalue weighted by Crippen LogP contribution is -2.59. The van der Waals surface area contributed by atoms with Gasteiger partial charge in [0.1, 0.15) is 0 Å². The maximum Gasteiger partial charge on any atom is 0.553 e. The van der Waals surface area contributed by atoms with Gasteiger partial charge in [-0.1, -0.05) is 18.2 Å². The van der Waals surface area contributed by atoms with Crippen LogP contribution in [0.4, 0.5) is 0 Å². The zero-order chi connectivity index (χ0) is 40.6. The van der Waals surface area contributed by atoms with Gasteiger partial charge in [0, 0.05) is 14.6 Å². The van der Waals surface area contributed by atoms with Crippen LogP contribution in [0.25, 0.3) is 0 Å². The fourth-order valence-corrected chi connectivity index (χ4v) is 9.57. The van der Waals surface area contributed by atoms with E-state index in [0.29, 0.717) is 0 Å². The Hall–Kier alpha value is -4.05. The summed E-state index contributed by atoms with van der Waals surface area (Å²) in [6.07, 6.45) is -1.09. The highest BCUT2D eigenvalue weighted by Gasteiger charge is 2.48. The van der Waals surface area contributed by atoms with Gasteiger partial charge >= 0.3 is 21.4 Å². The van der Waals surface area contributed by atoms with E-state index < -0.39 is 81.3 Å². The number of amides is 3. The molecule has 4 fully saturated rings. The predicted octanol–water partition coefficient (Wildman–Crippen LogP) is 2.37. The van der Waals surface area contributed by atoms with Crippen LogP contribution in [0.15, 0.2) is 52.5 Å². The van der Waals surface area contributed by atoms with Crippen LogP contribution >= 0.6 is 34.0 Å². The van der Waals surface area contributed by atoms with Crippen molar-refractivity contribution in [3.63, 3.8) is 0 Å². The van der Waals surface area contributed by atoms with Crippen molar-refractivity contribution in [2.75, 3.05) is 0 Å². The van der Waals surface area contributed by atoms with Crippen LogP contribution in [0.5, 0.6) is 0 Å². The van der Waals surface area contributed by atoms with Gasteiger partial charge in [0.05, 0.1) is 74.7 Å². The van der Waals surface area contributed by atoms with Crippen molar-refractivity contribution in [1.82, 2.24) is 15.6 Å². The molecule has 7 heterocycles. The first kappa shape index (κ1) is 42.1. The molecule has 306 valence electrons. The number of nitrogens with one attached hydrogen (secondary N) is 2. The maximum atomic E-state index is 13.6. The van der Waals surface area contributed by atoms with E-state index in [1.54, 1.807) is 0 Å². The standard InChI is InChI=1S/C36H43B3N4O12S3/c40-43(33(46)21-27-6-3-15-58-27)30-12-9-24-18-35(48)54-38(51-24)28(41-31(44)19-25-4-1-13-56-25)10-7-22-16-34(47)53-37(50-22)29(42-32(45)20-26-5-2-14-57-26)11-8-23-17-36(49)55-39(30)52-23/h1-6,13-15,22-24,28-30H,7-12,16-21,40H2,(H,41,44)(H,42,45)/t22-,23-,24-,28-,29-,30-/m0/s1. The van der Waals surface area contributed by atoms with E-state index in [4.69, 9.17) is 33.8 Å². The lowest BCUT2D eigenvalue weighted by Gasteiger charge is -2.38. The maximum absolute atomic E-state index is 13.6. The molecule has 4 N–H and O–H groups in total. The first-order chi connectivity index (χ1) is 28.0. The van der Waals surface area contributed by atoms with Gasteiger partial charge in [-0.05, 0) is 72.9 Å². The van der Waals surface area contributed by atoms with E-state index >= 15 is 0 Å². The Bertz CT molecular complexity index is 1840. The van der Waals surface area contributed by atoms with Crippen molar-refractivity contribution in [2.45, 2.75) is 113 Å². The molecule has 0 aliphatic carbocycles. The molecule has 0 spiro atoms. The van der Waals surface area contributed by atoms with Gasteiger partial charge in [-0.2, -0.15) is 0 Å². The second-order valence-electron chi connectivity index (χ2n) is 14.7. The minimum Gasteiger partial charge on any atom is -0.508 e. The first-order valence-corrected chi connectivity index (χ1v) is 22.0. The molecule has 4 aliphatic rings. The van der Waals surface area contributed by atoms with E-state index in [0.717, 1.165) is 19.6 Å². The molecule has 22 heteroatoms. The molecule has 16 nitrogen and oxygen atoms in total. The van der Waals surface area contributed by atoms with Crippen LogP contribution in [0.3, 0.4) is 0 Å². The second-order valence-corrected chi connectivity index (χ2v) is 17.8. The number of carbonyl (C=O) groups excluding carboxylic acids is 6. The van der Waals surface area contributed by atoms with Gasteiger partial charge in [-0.3, -0.25) is 33.8 Å². The van der Waals surface area contributed by atoms with Crippen molar-refractivity contribution < 1.29 is 56.7 Å². The molecule has 7 rings (SSSR count). The molecule has 0 aromatic carbocycles. The summed E-state index contributed by atoms with van der Waals surface area (Å²) >= 11 is 4.27. The summed E-state index contributed by atoms with van der Waals surface area (Å²) in [6.45, 7) is 0. The third kappa shape index (κ3) is 11.6. The van der Waals surface area contributed by atoms with Gasteiger partial charge in [0.25, 0.3) is 17.9 Å². The highest BCUT2D eigenvalue weighted by Crippen LogP contribution is 2.29. The summed E-state index contributed by atoms with van der Waals surface area (Å²) in [5.41, 5.74) is 0. The van der Waals surface area contributed by atoms with E-state index in [1.165, 1.54) is 34.0 Å². The SMILES string of the molecule is NN(C(=O)Cc1cccs1)[C@H]1CC[C@H]2CC(=O)OB(O2)[C@@H](NC(=O)Cc2cccs2)CC[C@H]2CC(=O)OB(O2)[C@@H](NC(=O)Cc2cccs2)CC[C@H]2CC(=O)OB1O2. The lowest BCUT2D eigenvalue weighted by atomic mass is 9.70. The molecule has 6 atom stereocenters. The fraction of sp³-hybridized carbons (Fsp3) is 0.500. The zero-order valence-electron chi connectivity index (χ0n) is 31.5. The topological polar surface area (TPSA) is 211 Å². The Balaban J connectivity index is 1.17. The summed E-state index contributed by atoms with van der Waals surface area (Å²) in [6, 6.07) is 11.0. The van der Waals surface area contributed by atoms with Gasteiger partial charge < -0.3 is 38.6 Å². The number of nitrogens with two attached hydrogens (primary N) is 1. The summed E-state index contributed by atoms with van der Waals surface area (Å²) in [7, 11) is -3.67. The number of nitrogens with zero attached hydrogens (tertiary/aromatic N) is 1. The molecule has 4 saturated heterocycles. The Morgan fingerprint density at radius 2 is 1.00 bits per heavy atom. The molecule has 0 radical (unpaired) electrons. The number of carbonyl (C=O) groups is 6. The third-order valence-corrected chi connectivity index (χ3v) is 13.0. The van der Waals surface area contributed by atoms with E-state index in [2.05, 4.69) is 10.6 Å². The van der Waals surface area contributed by atoms with Crippen LogP contribution in [-0.2, 0) is 76.0 Å². The van der Waals surface area contributed by atoms with Gasteiger partial charge in [-0.15, -0.1) is 34.0 Å². The molecule has 0 saturated carbocycles. The molecule has 58 heavy (non-hydrogen) atoms. The van der Waals surface area contributed by atoms with Crippen molar-refractivity contribution >= 4 is 91.0 Å². The first-order valence-electron chi connectivity index (χ1n) is 19.3. The van der Waals surface area contributed by atoms with E-state index in [9.17, 15) is 28.8 Å². The summed E-state index contributed by atoms with van der Waals surface area (Å²) in [5.74, 6) is 1.13. The smallest absolute Gasteiger partial charge is 0.508 e. The second kappa shape index (κ2) is 19.8. The van der Waals surface area contributed by atoms with Gasteiger partial charge in [0.15, 0.2) is 0 Å². The predicted molar refractivity (Wildman–Crippen MR) is 214 cm³/mol. The monoisotopic (exact) mass is 852 g/mol. The van der Waals surface area contributed by atoms with Gasteiger partial charge in [-0.25, -0.2) is 5.84 Å². The average Bonchev–Trinajstić information content (AvgIpc) is 4.00. The lowest BCUT2D eigenvalue weighted by molar-refractivity contribution is -0.145. The molecular formula is C36H43B3N4O12S3. The zero-order valence-corrected chi connectivity index (χ0v) is 34.0. The number of hydrazine groups is 1. The number of rotatable bonds is 9. The van der Waals surface area contributed by atoms with Crippen molar-refractivity contribution in [2.24, 2.45) is 5.84 Å². The van der Waals surface area contributed by atoms with Crippen LogP contribution in [0, 0.1) is 0 Å². The third-order valence-electron chi connectivity index (χ3n) is 10.3. The number of hydrogen-bond acceptors (Lipinski definition) is 16. The highest BCUT2D eigenvalue weighted by molar-refractivity contribution is 7.10. The molecule has 4 aliphatic heterocycles. The molecule has 0 unspecified atom stereocenters. The molecular weight excluding hydrogens is 809 g/mol. The van der Waals surface area contributed by atoms with E-state index in [-0.39, 0.29) is 88.9 Å².